The standard InChI is InChI=1S/C27H37N3O3/c1-27(2,3)33-26(32)28-18-21-12-11-17-30(19-21)20-24(31)29(4)25(22-13-7-5-8-14-22)23-15-9-6-10-16-23/h5-10,13-16,21,25H,11-12,17-20H2,1-4H3,(H,28,32). The van der Waals surface area contributed by atoms with E-state index in [9.17, 15) is 9.59 Å². The number of alkyl carbamates (subject to hydrolysis) is 1. The summed E-state index contributed by atoms with van der Waals surface area (Å²) in [6.07, 6.45) is 1.66. The minimum absolute atomic E-state index is 0.0912. The number of carbonyl (C=O) groups is 2. The van der Waals surface area contributed by atoms with Crippen molar-refractivity contribution in [3.8, 4) is 0 Å². The number of likely N-dealkylation sites (tertiary alicyclic amines) is 1. The molecule has 6 nitrogen and oxygen atoms in total. The Balaban J connectivity index is 1.60. The lowest BCUT2D eigenvalue weighted by Gasteiger charge is -2.35. The van der Waals surface area contributed by atoms with Crippen molar-refractivity contribution in [2.45, 2.75) is 45.3 Å². The lowest BCUT2D eigenvalue weighted by Crippen LogP contribution is -2.46. The molecular weight excluding hydrogens is 414 g/mol. The number of benzene rings is 2. The van der Waals surface area contributed by atoms with Gasteiger partial charge in [-0.15, -0.1) is 0 Å². The van der Waals surface area contributed by atoms with Crippen molar-refractivity contribution in [3.63, 3.8) is 0 Å². The summed E-state index contributed by atoms with van der Waals surface area (Å²) in [6.45, 7) is 8.18. The highest BCUT2D eigenvalue weighted by atomic mass is 16.6. The first-order valence-corrected chi connectivity index (χ1v) is 11.8. The maximum absolute atomic E-state index is 13.3. The third kappa shape index (κ3) is 7.60. The molecule has 1 unspecified atom stereocenters. The van der Waals surface area contributed by atoms with Crippen molar-refractivity contribution in [2.75, 3.05) is 33.2 Å². The van der Waals surface area contributed by atoms with Crippen LogP contribution in [0.1, 0.15) is 50.8 Å². The third-order valence-electron chi connectivity index (χ3n) is 5.91. The van der Waals surface area contributed by atoms with E-state index in [1.165, 1.54) is 0 Å². The van der Waals surface area contributed by atoms with E-state index in [1.807, 2.05) is 69.1 Å². The van der Waals surface area contributed by atoms with Crippen molar-refractivity contribution in [1.29, 1.82) is 0 Å². The Bertz CT molecular complexity index is 856. The van der Waals surface area contributed by atoms with Crippen LogP contribution in [-0.2, 0) is 9.53 Å². The van der Waals surface area contributed by atoms with Gasteiger partial charge >= 0.3 is 6.09 Å². The third-order valence-corrected chi connectivity index (χ3v) is 5.91. The summed E-state index contributed by atoms with van der Waals surface area (Å²) < 4.78 is 5.34. The molecule has 178 valence electrons. The van der Waals surface area contributed by atoms with Crippen LogP contribution in [0, 0.1) is 5.92 Å². The minimum Gasteiger partial charge on any atom is -0.444 e. The number of piperidine rings is 1. The number of hydrogen-bond donors (Lipinski definition) is 1. The van der Waals surface area contributed by atoms with Crippen molar-refractivity contribution < 1.29 is 14.3 Å². The van der Waals surface area contributed by atoms with Gasteiger partial charge in [0.25, 0.3) is 0 Å². The van der Waals surface area contributed by atoms with Gasteiger partial charge in [0.15, 0.2) is 0 Å². The Kier molecular flexibility index (Phi) is 8.50. The molecule has 0 spiro atoms. The van der Waals surface area contributed by atoms with E-state index >= 15 is 0 Å². The first-order valence-electron chi connectivity index (χ1n) is 11.8. The molecule has 1 aliphatic rings. The van der Waals surface area contributed by atoms with Crippen LogP contribution >= 0.6 is 0 Å². The average Bonchev–Trinajstić information content (AvgIpc) is 2.78. The van der Waals surface area contributed by atoms with Crippen LogP contribution in [0.2, 0.25) is 0 Å². The average molecular weight is 452 g/mol. The zero-order chi connectivity index (χ0) is 23.8. The van der Waals surface area contributed by atoms with Crippen LogP contribution < -0.4 is 5.32 Å². The first kappa shape index (κ1) is 24.8. The normalized spacial score (nSPS) is 16.9. The summed E-state index contributed by atoms with van der Waals surface area (Å²) in [6, 6.07) is 20.2. The van der Waals surface area contributed by atoms with E-state index in [1.54, 1.807) is 0 Å². The van der Waals surface area contributed by atoms with Gasteiger partial charge in [0.2, 0.25) is 5.91 Å². The van der Waals surface area contributed by atoms with Crippen molar-refractivity contribution in [1.82, 2.24) is 15.1 Å². The van der Waals surface area contributed by atoms with E-state index < -0.39 is 5.60 Å². The lowest BCUT2D eigenvalue weighted by atomic mass is 9.96. The van der Waals surface area contributed by atoms with Crippen molar-refractivity contribution in [2.24, 2.45) is 5.92 Å². The van der Waals surface area contributed by atoms with E-state index in [-0.39, 0.29) is 18.0 Å². The van der Waals surface area contributed by atoms with Gasteiger partial charge in [-0.2, -0.15) is 0 Å². The molecule has 2 amide bonds. The van der Waals surface area contributed by atoms with Gasteiger partial charge in [-0.3, -0.25) is 9.69 Å². The van der Waals surface area contributed by atoms with Crippen LogP contribution in [0.25, 0.3) is 0 Å². The second kappa shape index (κ2) is 11.3. The molecule has 1 fully saturated rings. The Morgan fingerprint density at radius 1 is 1.06 bits per heavy atom. The molecule has 2 aromatic rings. The van der Waals surface area contributed by atoms with Gasteiger partial charge in [0.1, 0.15) is 5.60 Å². The molecule has 3 rings (SSSR count). The number of nitrogens with zero attached hydrogens (tertiary/aromatic N) is 2. The molecule has 1 N–H and O–H groups in total. The predicted octanol–water partition coefficient (Wildman–Crippen LogP) is 4.47. The fourth-order valence-corrected chi connectivity index (χ4v) is 4.36. The maximum Gasteiger partial charge on any atom is 0.407 e. The number of amides is 2. The summed E-state index contributed by atoms with van der Waals surface area (Å²) in [5.41, 5.74) is 1.68. The number of carbonyl (C=O) groups excluding carboxylic acids is 2. The monoisotopic (exact) mass is 451 g/mol. The number of rotatable bonds is 7. The summed E-state index contributed by atoms with van der Waals surface area (Å²) in [7, 11) is 1.89. The van der Waals surface area contributed by atoms with Crippen molar-refractivity contribution in [3.05, 3.63) is 71.8 Å². The smallest absolute Gasteiger partial charge is 0.407 e. The van der Waals surface area contributed by atoms with Crippen LogP contribution in [0.4, 0.5) is 4.79 Å². The topological polar surface area (TPSA) is 61.9 Å². The van der Waals surface area contributed by atoms with Gasteiger partial charge in [-0.05, 0) is 57.2 Å². The summed E-state index contributed by atoms with van der Waals surface area (Å²) in [5.74, 6) is 0.400. The van der Waals surface area contributed by atoms with Gasteiger partial charge in [0, 0.05) is 20.1 Å². The molecule has 1 atom stereocenters. The SMILES string of the molecule is CN(C(=O)CN1CCCC(CNC(=O)OC(C)(C)C)C1)C(c1ccccc1)c1ccccc1. The van der Waals surface area contributed by atoms with Gasteiger partial charge in [-0.1, -0.05) is 60.7 Å². The zero-order valence-corrected chi connectivity index (χ0v) is 20.3. The molecule has 0 saturated carbocycles. The van der Waals surface area contributed by atoms with Gasteiger partial charge in [0.05, 0.1) is 12.6 Å². The van der Waals surface area contributed by atoms with E-state index in [0.717, 1.165) is 37.1 Å². The molecule has 0 bridgehead atoms. The van der Waals surface area contributed by atoms with Crippen LogP contribution in [-0.4, -0.2) is 60.6 Å². The molecule has 1 heterocycles. The number of likely N-dealkylation sites (N-methyl/N-ethyl adjacent to an activating group) is 1. The zero-order valence-electron chi connectivity index (χ0n) is 20.3. The molecular formula is C27H37N3O3. The molecule has 0 radical (unpaired) electrons. The highest BCUT2D eigenvalue weighted by Gasteiger charge is 2.27. The van der Waals surface area contributed by atoms with E-state index in [2.05, 4.69) is 34.5 Å². The van der Waals surface area contributed by atoms with Gasteiger partial charge in [-0.25, -0.2) is 4.79 Å². The summed E-state index contributed by atoms with van der Waals surface area (Å²) in [5, 5.41) is 2.88. The highest BCUT2D eigenvalue weighted by Crippen LogP contribution is 2.28. The predicted molar refractivity (Wildman–Crippen MR) is 131 cm³/mol. The second-order valence-electron chi connectivity index (χ2n) is 9.85. The number of nitrogens with one attached hydrogen (secondary N) is 1. The Morgan fingerprint density at radius 2 is 1.64 bits per heavy atom. The van der Waals surface area contributed by atoms with E-state index in [0.29, 0.717) is 19.0 Å². The van der Waals surface area contributed by atoms with Crippen LogP contribution in [0.5, 0.6) is 0 Å². The molecule has 33 heavy (non-hydrogen) atoms. The maximum atomic E-state index is 13.3. The molecule has 0 aliphatic carbocycles. The molecule has 0 aromatic heterocycles. The minimum atomic E-state index is -0.506. The van der Waals surface area contributed by atoms with Crippen LogP contribution in [0.15, 0.2) is 60.7 Å². The summed E-state index contributed by atoms with van der Waals surface area (Å²) >= 11 is 0. The first-order chi connectivity index (χ1) is 15.7. The lowest BCUT2D eigenvalue weighted by molar-refractivity contribution is -0.133. The quantitative estimate of drug-likeness (QED) is 0.675. The largest absolute Gasteiger partial charge is 0.444 e. The van der Waals surface area contributed by atoms with Crippen molar-refractivity contribution >= 4 is 12.0 Å². The highest BCUT2D eigenvalue weighted by molar-refractivity contribution is 5.79. The Labute approximate surface area is 197 Å². The number of hydrogen-bond acceptors (Lipinski definition) is 4. The molecule has 6 heteroatoms. The molecule has 1 aliphatic heterocycles. The second-order valence-corrected chi connectivity index (χ2v) is 9.85. The van der Waals surface area contributed by atoms with Gasteiger partial charge < -0.3 is 15.0 Å². The molecule has 2 aromatic carbocycles. The number of ether oxygens (including phenoxy) is 1. The summed E-state index contributed by atoms with van der Waals surface area (Å²) in [4.78, 5) is 29.4. The Morgan fingerprint density at radius 3 is 2.18 bits per heavy atom. The van der Waals surface area contributed by atoms with Crippen LogP contribution in [0.3, 0.4) is 0 Å². The molecule has 1 saturated heterocycles. The Hall–Kier alpha value is -2.86. The fraction of sp³-hybridized carbons (Fsp3) is 0.481. The van der Waals surface area contributed by atoms with E-state index in [4.69, 9.17) is 4.74 Å². The fourth-order valence-electron chi connectivity index (χ4n) is 4.36.